The molecule has 1 rings (SSSR count). The first kappa shape index (κ1) is 15.1. The van der Waals surface area contributed by atoms with Crippen LogP contribution in [0.5, 0.6) is 6.01 Å². The van der Waals surface area contributed by atoms with Crippen LogP contribution in [-0.2, 0) is 9.53 Å². The lowest BCUT2D eigenvalue weighted by molar-refractivity contribution is -0.135. The highest BCUT2D eigenvalue weighted by atomic mass is 79.9. The van der Waals surface area contributed by atoms with Crippen molar-refractivity contribution in [2.24, 2.45) is 0 Å². The zero-order valence-corrected chi connectivity index (χ0v) is 12.2. The summed E-state index contributed by atoms with van der Waals surface area (Å²) >= 11 is 3.23. The van der Waals surface area contributed by atoms with Crippen molar-refractivity contribution in [1.29, 1.82) is 0 Å². The van der Waals surface area contributed by atoms with Crippen molar-refractivity contribution in [2.75, 3.05) is 7.11 Å². The molecule has 0 amide bonds. The maximum atomic E-state index is 11.4. The number of aromatic nitrogens is 2. The summed E-state index contributed by atoms with van der Waals surface area (Å²) in [6.07, 6.45) is 7.70. The Kier molecular flexibility index (Phi) is 5.95. The normalized spacial score (nSPS) is 11.9. The van der Waals surface area contributed by atoms with E-state index in [9.17, 15) is 4.79 Å². The number of carbonyl (C=O) groups is 1. The molecule has 0 aliphatic rings. The fourth-order valence-electron chi connectivity index (χ4n) is 1.10. The van der Waals surface area contributed by atoms with Crippen molar-refractivity contribution in [3.8, 4) is 6.01 Å². The lowest BCUT2D eigenvalue weighted by Crippen LogP contribution is -2.05. The molecule has 0 spiro atoms. The van der Waals surface area contributed by atoms with E-state index in [1.165, 1.54) is 19.3 Å². The molecule has 0 saturated heterocycles. The summed E-state index contributed by atoms with van der Waals surface area (Å²) in [7, 11) is 1.30. The van der Waals surface area contributed by atoms with E-state index in [0.717, 1.165) is 4.47 Å². The van der Waals surface area contributed by atoms with Crippen LogP contribution >= 0.6 is 15.9 Å². The Bertz CT molecular complexity index is 521. The third-order valence-corrected chi connectivity index (χ3v) is 2.44. The van der Waals surface area contributed by atoms with Gasteiger partial charge in [-0.1, -0.05) is 12.7 Å². The summed E-state index contributed by atoms with van der Waals surface area (Å²) in [6, 6.07) is 0.181. The lowest BCUT2D eigenvalue weighted by atomic mass is 10.2. The summed E-state index contributed by atoms with van der Waals surface area (Å²) in [5, 5.41) is 0. The summed E-state index contributed by atoms with van der Waals surface area (Å²) in [5.74, 6) is -0.0719. The Balaban J connectivity index is 2.90. The average molecular weight is 325 g/mol. The maximum absolute atomic E-state index is 11.4. The number of hydrogen-bond acceptors (Lipinski definition) is 5. The van der Waals surface area contributed by atoms with E-state index in [1.807, 2.05) is 0 Å². The smallest absolute Gasteiger partial charge is 0.337 e. The van der Waals surface area contributed by atoms with Crippen LogP contribution in [0.1, 0.15) is 6.92 Å². The number of nitrogens with zero attached hydrogens (tertiary/aromatic N) is 2. The van der Waals surface area contributed by atoms with Gasteiger partial charge in [0.25, 0.3) is 0 Å². The van der Waals surface area contributed by atoms with Crippen molar-refractivity contribution in [2.45, 2.75) is 6.92 Å². The highest BCUT2D eigenvalue weighted by Gasteiger charge is 2.08. The van der Waals surface area contributed by atoms with E-state index in [0.29, 0.717) is 5.76 Å². The molecule has 0 aliphatic carbocycles. The summed E-state index contributed by atoms with van der Waals surface area (Å²) in [6.45, 7) is 5.31. The van der Waals surface area contributed by atoms with Gasteiger partial charge in [0, 0.05) is 12.4 Å². The minimum absolute atomic E-state index is 0.181. The Morgan fingerprint density at radius 1 is 1.42 bits per heavy atom. The first-order valence-corrected chi connectivity index (χ1v) is 6.14. The second-order valence-electron chi connectivity index (χ2n) is 3.27. The van der Waals surface area contributed by atoms with Gasteiger partial charge in [-0.2, -0.15) is 0 Å². The Labute approximate surface area is 119 Å². The first-order chi connectivity index (χ1) is 9.10. The number of halogens is 1. The number of allylic oxidation sites excluding steroid dienone is 2. The third-order valence-electron chi connectivity index (χ3n) is 2.03. The van der Waals surface area contributed by atoms with Crippen LogP contribution in [0.15, 0.2) is 53.0 Å². The van der Waals surface area contributed by atoms with Gasteiger partial charge in [-0.25, -0.2) is 14.8 Å². The molecule has 0 unspecified atom stereocenters. The summed E-state index contributed by atoms with van der Waals surface area (Å²) in [4.78, 5) is 19.4. The zero-order valence-electron chi connectivity index (χ0n) is 10.6. The van der Waals surface area contributed by atoms with Crippen LogP contribution in [0.4, 0.5) is 0 Å². The molecule has 5 nitrogen and oxygen atoms in total. The van der Waals surface area contributed by atoms with Gasteiger partial charge in [0.2, 0.25) is 0 Å². The molecule has 0 aliphatic heterocycles. The molecule has 1 aromatic heterocycles. The van der Waals surface area contributed by atoms with E-state index in [-0.39, 0.29) is 11.6 Å². The van der Waals surface area contributed by atoms with E-state index in [2.05, 4.69) is 37.2 Å². The molecular weight excluding hydrogens is 312 g/mol. The second kappa shape index (κ2) is 7.48. The van der Waals surface area contributed by atoms with Crippen molar-refractivity contribution in [3.05, 3.63) is 53.0 Å². The summed E-state index contributed by atoms with van der Waals surface area (Å²) in [5.41, 5.74) is 0.285. The Hall–Kier alpha value is -1.95. The zero-order chi connectivity index (χ0) is 14.3. The maximum Gasteiger partial charge on any atom is 0.337 e. The molecule has 0 saturated carbocycles. The van der Waals surface area contributed by atoms with Gasteiger partial charge < -0.3 is 9.47 Å². The van der Waals surface area contributed by atoms with E-state index >= 15 is 0 Å². The van der Waals surface area contributed by atoms with Crippen LogP contribution in [-0.4, -0.2) is 23.0 Å². The number of rotatable bonds is 5. The van der Waals surface area contributed by atoms with Crippen LogP contribution in [0.3, 0.4) is 0 Å². The molecular formula is C13H13BrN2O3. The highest BCUT2D eigenvalue weighted by molar-refractivity contribution is 9.10. The lowest BCUT2D eigenvalue weighted by Gasteiger charge is -2.05. The Morgan fingerprint density at radius 2 is 2.05 bits per heavy atom. The number of hydrogen-bond donors (Lipinski definition) is 0. The standard InChI is InChI=1S/C13H13BrN2O3/c1-4-9(12(17)18-3)6-11(5-2)19-13-15-7-10(14)8-16-13/h4-8H,1H2,2-3H3/b9-6+,11-5+. The predicted molar refractivity (Wildman–Crippen MR) is 74.4 cm³/mol. The average Bonchev–Trinajstić information content (AvgIpc) is 2.44. The molecule has 19 heavy (non-hydrogen) atoms. The molecule has 0 N–H and O–H groups in total. The minimum atomic E-state index is -0.491. The van der Waals surface area contributed by atoms with E-state index in [1.54, 1.807) is 25.4 Å². The minimum Gasteiger partial charge on any atom is -0.465 e. The monoisotopic (exact) mass is 324 g/mol. The third kappa shape index (κ3) is 4.67. The number of methoxy groups -OCH3 is 1. The highest BCUT2D eigenvalue weighted by Crippen LogP contribution is 2.13. The van der Waals surface area contributed by atoms with Crippen molar-refractivity contribution < 1.29 is 14.3 Å². The Morgan fingerprint density at radius 3 is 2.53 bits per heavy atom. The van der Waals surface area contributed by atoms with Gasteiger partial charge in [-0.3, -0.25) is 0 Å². The molecule has 1 aromatic rings. The number of ether oxygens (including phenoxy) is 2. The van der Waals surface area contributed by atoms with Crippen molar-refractivity contribution in [1.82, 2.24) is 9.97 Å². The number of esters is 1. The van der Waals surface area contributed by atoms with Gasteiger partial charge in [-0.15, -0.1) is 0 Å². The largest absolute Gasteiger partial charge is 0.465 e. The van der Waals surface area contributed by atoms with E-state index in [4.69, 9.17) is 4.74 Å². The molecule has 0 fully saturated rings. The summed E-state index contributed by atoms with van der Waals surface area (Å²) < 4.78 is 10.8. The van der Waals surface area contributed by atoms with E-state index < -0.39 is 5.97 Å². The van der Waals surface area contributed by atoms with Crippen LogP contribution in [0, 0.1) is 0 Å². The topological polar surface area (TPSA) is 61.3 Å². The van der Waals surface area contributed by atoms with Gasteiger partial charge in [0.1, 0.15) is 5.76 Å². The van der Waals surface area contributed by atoms with Gasteiger partial charge in [-0.05, 0) is 35.0 Å². The van der Waals surface area contributed by atoms with Crippen molar-refractivity contribution >= 4 is 21.9 Å². The van der Waals surface area contributed by atoms with Crippen molar-refractivity contribution in [3.63, 3.8) is 0 Å². The fourth-order valence-corrected chi connectivity index (χ4v) is 1.31. The van der Waals surface area contributed by atoms with Crippen LogP contribution < -0.4 is 4.74 Å². The molecule has 6 heteroatoms. The first-order valence-electron chi connectivity index (χ1n) is 5.34. The quantitative estimate of drug-likeness (QED) is 0.361. The molecule has 0 bridgehead atoms. The molecule has 100 valence electrons. The fraction of sp³-hybridized carbons (Fsp3) is 0.154. The molecule has 0 aromatic carbocycles. The molecule has 0 radical (unpaired) electrons. The predicted octanol–water partition coefficient (Wildman–Crippen LogP) is 2.81. The van der Waals surface area contributed by atoms with Crippen LogP contribution in [0.2, 0.25) is 0 Å². The molecule has 1 heterocycles. The van der Waals surface area contributed by atoms with Gasteiger partial charge in [0.05, 0.1) is 17.2 Å². The second-order valence-corrected chi connectivity index (χ2v) is 4.19. The number of carbonyl (C=O) groups excluding carboxylic acids is 1. The van der Waals surface area contributed by atoms with Crippen LogP contribution in [0.25, 0.3) is 0 Å². The molecule has 0 atom stereocenters. The van der Waals surface area contributed by atoms with Gasteiger partial charge in [0.15, 0.2) is 0 Å². The van der Waals surface area contributed by atoms with Gasteiger partial charge >= 0.3 is 12.0 Å². The SMILES string of the molecule is C=C/C(=C\C(=C/C)Oc1ncc(Br)cn1)C(=O)OC.